The molecule has 1 fully saturated rings. The largest absolute Gasteiger partial charge is 0.367 e. The Morgan fingerprint density at radius 3 is 2.52 bits per heavy atom. The standard InChI is InChI=1S/C18H15FN4/c19-14-5-3-12(4-6-14)16-10-17(21-15-7-8-15)23-18(22-16)13-2-1-9-20-11-13/h1-6,9-11,15H,7-8H2,(H,21,22,23). The molecule has 5 heteroatoms. The second-order valence-corrected chi connectivity index (χ2v) is 5.63. The first-order valence-electron chi connectivity index (χ1n) is 7.60. The quantitative estimate of drug-likeness (QED) is 0.794. The van der Waals surface area contributed by atoms with Gasteiger partial charge in [-0.1, -0.05) is 0 Å². The molecule has 1 N–H and O–H groups in total. The van der Waals surface area contributed by atoms with Crippen molar-refractivity contribution in [2.75, 3.05) is 5.32 Å². The number of pyridine rings is 1. The molecule has 1 aliphatic carbocycles. The maximum Gasteiger partial charge on any atom is 0.163 e. The van der Waals surface area contributed by atoms with Crippen LogP contribution in [0.2, 0.25) is 0 Å². The molecule has 4 nitrogen and oxygen atoms in total. The minimum absolute atomic E-state index is 0.258. The van der Waals surface area contributed by atoms with Gasteiger partial charge < -0.3 is 5.32 Å². The summed E-state index contributed by atoms with van der Waals surface area (Å²) in [5.41, 5.74) is 2.48. The highest BCUT2D eigenvalue weighted by atomic mass is 19.1. The lowest BCUT2D eigenvalue weighted by Crippen LogP contribution is -2.05. The van der Waals surface area contributed by atoms with E-state index in [-0.39, 0.29) is 5.82 Å². The molecule has 1 aromatic carbocycles. The van der Waals surface area contributed by atoms with E-state index in [0.29, 0.717) is 11.9 Å². The van der Waals surface area contributed by atoms with Gasteiger partial charge >= 0.3 is 0 Å². The van der Waals surface area contributed by atoms with Crippen molar-refractivity contribution in [3.8, 4) is 22.6 Å². The number of benzene rings is 1. The topological polar surface area (TPSA) is 50.7 Å². The predicted molar refractivity (Wildman–Crippen MR) is 87.3 cm³/mol. The molecule has 0 spiro atoms. The van der Waals surface area contributed by atoms with Gasteiger partial charge in [-0.25, -0.2) is 14.4 Å². The Morgan fingerprint density at radius 2 is 1.83 bits per heavy atom. The number of aromatic nitrogens is 3. The van der Waals surface area contributed by atoms with Gasteiger partial charge in [0.2, 0.25) is 0 Å². The Labute approximate surface area is 133 Å². The number of hydrogen-bond acceptors (Lipinski definition) is 4. The highest BCUT2D eigenvalue weighted by Gasteiger charge is 2.22. The van der Waals surface area contributed by atoms with Gasteiger partial charge in [0, 0.05) is 35.6 Å². The zero-order chi connectivity index (χ0) is 15.6. The SMILES string of the molecule is Fc1ccc(-c2cc(NC3CC3)nc(-c3cccnc3)n2)cc1. The van der Waals surface area contributed by atoms with Crippen LogP contribution in [-0.4, -0.2) is 21.0 Å². The number of nitrogens with zero attached hydrogens (tertiary/aromatic N) is 3. The molecule has 2 aromatic heterocycles. The van der Waals surface area contributed by atoms with Gasteiger partial charge in [0.25, 0.3) is 0 Å². The summed E-state index contributed by atoms with van der Waals surface area (Å²) >= 11 is 0. The second-order valence-electron chi connectivity index (χ2n) is 5.63. The molecule has 0 amide bonds. The smallest absolute Gasteiger partial charge is 0.163 e. The Kier molecular flexibility index (Phi) is 3.46. The molecule has 0 saturated heterocycles. The van der Waals surface area contributed by atoms with Gasteiger partial charge in [0.15, 0.2) is 5.82 Å². The molecule has 3 aromatic rings. The highest BCUT2D eigenvalue weighted by Crippen LogP contribution is 2.28. The lowest BCUT2D eigenvalue weighted by Gasteiger charge is -2.10. The fourth-order valence-corrected chi connectivity index (χ4v) is 2.35. The summed E-state index contributed by atoms with van der Waals surface area (Å²) in [5, 5.41) is 3.40. The Morgan fingerprint density at radius 1 is 1.00 bits per heavy atom. The minimum atomic E-state index is -0.258. The summed E-state index contributed by atoms with van der Waals surface area (Å²) in [5.74, 6) is 1.15. The summed E-state index contributed by atoms with van der Waals surface area (Å²) in [6, 6.07) is 12.5. The van der Waals surface area contributed by atoms with Crippen molar-refractivity contribution in [2.24, 2.45) is 0 Å². The van der Waals surface area contributed by atoms with Crippen LogP contribution in [0.25, 0.3) is 22.6 Å². The van der Waals surface area contributed by atoms with Crippen LogP contribution in [0.1, 0.15) is 12.8 Å². The van der Waals surface area contributed by atoms with Gasteiger partial charge in [-0.3, -0.25) is 4.98 Å². The maximum atomic E-state index is 13.2. The van der Waals surface area contributed by atoms with Crippen LogP contribution in [0.4, 0.5) is 10.2 Å². The average molecular weight is 306 g/mol. The lowest BCUT2D eigenvalue weighted by atomic mass is 10.1. The summed E-state index contributed by atoms with van der Waals surface area (Å²) in [6.07, 6.45) is 5.79. The summed E-state index contributed by atoms with van der Waals surface area (Å²) in [4.78, 5) is 13.3. The van der Waals surface area contributed by atoms with E-state index < -0.39 is 0 Å². The third-order valence-corrected chi connectivity index (χ3v) is 3.72. The molecular weight excluding hydrogens is 291 g/mol. The molecule has 0 bridgehead atoms. The van der Waals surface area contributed by atoms with Crippen molar-refractivity contribution in [1.82, 2.24) is 15.0 Å². The van der Waals surface area contributed by atoms with E-state index in [1.807, 2.05) is 18.2 Å². The average Bonchev–Trinajstić information content (AvgIpc) is 3.40. The zero-order valence-electron chi connectivity index (χ0n) is 12.4. The van der Waals surface area contributed by atoms with Crippen LogP contribution >= 0.6 is 0 Å². The van der Waals surface area contributed by atoms with Crippen molar-refractivity contribution in [2.45, 2.75) is 18.9 Å². The van der Waals surface area contributed by atoms with E-state index in [9.17, 15) is 4.39 Å². The van der Waals surface area contributed by atoms with Crippen LogP contribution in [0.15, 0.2) is 54.9 Å². The van der Waals surface area contributed by atoms with Gasteiger partial charge in [-0.2, -0.15) is 0 Å². The van der Waals surface area contributed by atoms with E-state index in [4.69, 9.17) is 0 Å². The van der Waals surface area contributed by atoms with Gasteiger partial charge in [-0.15, -0.1) is 0 Å². The Balaban J connectivity index is 1.79. The number of nitrogens with one attached hydrogen (secondary N) is 1. The van der Waals surface area contributed by atoms with E-state index in [0.717, 1.165) is 35.5 Å². The first kappa shape index (κ1) is 13.8. The number of anilines is 1. The van der Waals surface area contributed by atoms with Crippen LogP contribution in [0, 0.1) is 5.82 Å². The minimum Gasteiger partial charge on any atom is -0.367 e. The van der Waals surface area contributed by atoms with Gasteiger partial charge in [0.05, 0.1) is 5.69 Å². The fourth-order valence-electron chi connectivity index (χ4n) is 2.35. The number of rotatable bonds is 4. The first-order valence-corrected chi connectivity index (χ1v) is 7.60. The molecule has 0 aliphatic heterocycles. The predicted octanol–water partition coefficient (Wildman–Crippen LogP) is 3.92. The monoisotopic (exact) mass is 306 g/mol. The molecule has 0 radical (unpaired) electrons. The van der Waals surface area contributed by atoms with E-state index in [2.05, 4.69) is 20.3 Å². The molecule has 114 valence electrons. The third-order valence-electron chi connectivity index (χ3n) is 3.72. The Hall–Kier alpha value is -2.82. The summed E-state index contributed by atoms with van der Waals surface area (Å²) < 4.78 is 13.2. The summed E-state index contributed by atoms with van der Waals surface area (Å²) in [6.45, 7) is 0. The number of halogens is 1. The second kappa shape index (κ2) is 5.76. The van der Waals surface area contributed by atoms with Crippen LogP contribution in [0.3, 0.4) is 0 Å². The highest BCUT2D eigenvalue weighted by molar-refractivity contribution is 5.67. The van der Waals surface area contributed by atoms with E-state index in [1.54, 1.807) is 24.5 Å². The van der Waals surface area contributed by atoms with Crippen molar-refractivity contribution >= 4 is 5.82 Å². The summed E-state index contributed by atoms with van der Waals surface area (Å²) in [7, 11) is 0. The number of hydrogen-bond donors (Lipinski definition) is 1. The van der Waals surface area contributed by atoms with Crippen molar-refractivity contribution in [1.29, 1.82) is 0 Å². The van der Waals surface area contributed by atoms with Gasteiger partial charge in [-0.05, 0) is 49.2 Å². The molecular formula is C18H15FN4. The van der Waals surface area contributed by atoms with Crippen molar-refractivity contribution in [3.63, 3.8) is 0 Å². The molecule has 1 aliphatic rings. The third kappa shape index (κ3) is 3.18. The van der Waals surface area contributed by atoms with E-state index in [1.165, 1.54) is 12.1 Å². The maximum absolute atomic E-state index is 13.2. The van der Waals surface area contributed by atoms with Gasteiger partial charge in [0.1, 0.15) is 11.6 Å². The van der Waals surface area contributed by atoms with Crippen molar-refractivity contribution in [3.05, 3.63) is 60.7 Å². The molecule has 23 heavy (non-hydrogen) atoms. The van der Waals surface area contributed by atoms with E-state index >= 15 is 0 Å². The fraction of sp³-hybridized carbons (Fsp3) is 0.167. The van der Waals surface area contributed by atoms with Crippen molar-refractivity contribution < 1.29 is 4.39 Å². The molecule has 0 atom stereocenters. The molecule has 0 unspecified atom stereocenters. The normalized spacial score (nSPS) is 13.8. The Bertz CT molecular complexity index is 814. The molecule has 1 saturated carbocycles. The van der Waals surface area contributed by atoms with Crippen LogP contribution in [0.5, 0.6) is 0 Å². The molecule has 4 rings (SSSR count). The first-order chi connectivity index (χ1) is 11.3. The molecule has 2 heterocycles. The van der Waals surface area contributed by atoms with Crippen LogP contribution in [-0.2, 0) is 0 Å². The van der Waals surface area contributed by atoms with Crippen LogP contribution < -0.4 is 5.32 Å². The lowest BCUT2D eigenvalue weighted by molar-refractivity contribution is 0.628. The zero-order valence-corrected chi connectivity index (χ0v) is 12.4.